The van der Waals surface area contributed by atoms with E-state index >= 15 is 0 Å². The second-order valence-electron chi connectivity index (χ2n) is 4.38. The minimum Gasteiger partial charge on any atom is -0.0993 e. The predicted octanol–water partition coefficient (Wildman–Crippen LogP) is 3.78. The summed E-state index contributed by atoms with van der Waals surface area (Å²) in [5.74, 6) is 0.833. The van der Waals surface area contributed by atoms with Crippen molar-refractivity contribution in [2.45, 2.75) is 46.5 Å². The van der Waals surface area contributed by atoms with Crippen LogP contribution in [0.3, 0.4) is 0 Å². The highest BCUT2D eigenvalue weighted by atomic mass is 14.4. The molecule has 1 atom stereocenters. The van der Waals surface area contributed by atoms with Gasteiger partial charge in [0.2, 0.25) is 0 Å². The van der Waals surface area contributed by atoms with Gasteiger partial charge in [0.1, 0.15) is 0 Å². The van der Waals surface area contributed by atoms with Crippen molar-refractivity contribution in [3.8, 4) is 0 Å². The lowest BCUT2D eigenvalue weighted by Gasteiger charge is -2.16. The molecule has 0 aliphatic heterocycles. The molecule has 0 saturated heterocycles. The minimum atomic E-state index is 0.545. The summed E-state index contributed by atoms with van der Waals surface area (Å²) in [5, 5.41) is 0. The molecule has 0 heteroatoms. The summed E-state index contributed by atoms with van der Waals surface area (Å²) < 4.78 is 0. The zero-order chi connectivity index (χ0) is 8.48. The Morgan fingerprint density at radius 2 is 2.09 bits per heavy atom. The Bertz CT molecular complexity index is 151. The summed E-state index contributed by atoms with van der Waals surface area (Å²) in [5.41, 5.74) is 2.04. The van der Waals surface area contributed by atoms with E-state index in [-0.39, 0.29) is 0 Å². The van der Waals surface area contributed by atoms with Crippen molar-refractivity contribution >= 4 is 0 Å². The lowest BCUT2D eigenvalue weighted by atomic mass is 9.90. The zero-order valence-corrected chi connectivity index (χ0v) is 8.11. The largest absolute Gasteiger partial charge is 0.0993 e. The van der Waals surface area contributed by atoms with E-state index in [0.717, 1.165) is 5.92 Å². The van der Waals surface area contributed by atoms with Crippen molar-refractivity contribution in [3.63, 3.8) is 0 Å². The molecule has 0 bridgehead atoms. The SMILES string of the molecule is C=C(CC(C)CC)C1(C)CC1. The van der Waals surface area contributed by atoms with E-state index < -0.39 is 0 Å². The van der Waals surface area contributed by atoms with E-state index in [0.29, 0.717) is 5.41 Å². The molecule has 0 radical (unpaired) electrons. The molecule has 0 heterocycles. The molecule has 0 N–H and O–H groups in total. The molecule has 1 aliphatic carbocycles. The highest BCUT2D eigenvalue weighted by molar-refractivity contribution is 5.16. The number of allylic oxidation sites excluding steroid dienone is 1. The molecule has 0 amide bonds. The van der Waals surface area contributed by atoms with Crippen LogP contribution in [0.2, 0.25) is 0 Å². The fourth-order valence-electron chi connectivity index (χ4n) is 1.35. The maximum Gasteiger partial charge on any atom is -0.0118 e. The standard InChI is InChI=1S/C11H20/c1-5-9(2)8-10(3)11(4)6-7-11/h9H,3,5-8H2,1-2,4H3. The summed E-state index contributed by atoms with van der Waals surface area (Å²) in [6, 6.07) is 0. The number of rotatable bonds is 4. The quantitative estimate of drug-likeness (QED) is 0.538. The van der Waals surface area contributed by atoms with E-state index in [4.69, 9.17) is 0 Å². The van der Waals surface area contributed by atoms with Gasteiger partial charge in [0.05, 0.1) is 0 Å². The van der Waals surface area contributed by atoms with Crippen molar-refractivity contribution in [2.24, 2.45) is 11.3 Å². The van der Waals surface area contributed by atoms with Gasteiger partial charge in [-0.15, -0.1) is 0 Å². The van der Waals surface area contributed by atoms with Gasteiger partial charge in [-0.05, 0) is 30.6 Å². The highest BCUT2D eigenvalue weighted by Gasteiger charge is 2.39. The molecular formula is C11H20. The third-order valence-electron chi connectivity index (χ3n) is 3.15. The molecule has 0 aromatic rings. The van der Waals surface area contributed by atoms with Crippen molar-refractivity contribution in [1.82, 2.24) is 0 Å². The Morgan fingerprint density at radius 1 is 1.55 bits per heavy atom. The van der Waals surface area contributed by atoms with Gasteiger partial charge in [0, 0.05) is 0 Å². The molecule has 1 fully saturated rings. The average Bonchev–Trinajstić information content (AvgIpc) is 2.69. The fraction of sp³-hybridized carbons (Fsp3) is 0.818. The predicted molar refractivity (Wildman–Crippen MR) is 50.6 cm³/mol. The van der Waals surface area contributed by atoms with E-state index in [2.05, 4.69) is 27.4 Å². The smallest absolute Gasteiger partial charge is 0.0118 e. The Morgan fingerprint density at radius 3 is 2.45 bits per heavy atom. The summed E-state index contributed by atoms with van der Waals surface area (Å²) in [7, 11) is 0. The Labute approximate surface area is 70.7 Å². The molecule has 0 nitrogen and oxygen atoms in total. The van der Waals surface area contributed by atoms with Gasteiger partial charge >= 0.3 is 0 Å². The topological polar surface area (TPSA) is 0 Å². The van der Waals surface area contributed by atoms with Crippen LogP contribution in [0.15, 0.2) is 12.2 Å². The van der Waals surface area contributed by atoms with E-state index in [1.807, 2.05) is 0 Å². The fourth-order valence-corrected chi connectivity index (χ4v) is 1.35. The third-order valence-corrected chi connectivity index (χ3v) is 3.15. The van der Waals surface area contributed by atoms with Crippen LogP contribution in [0.5, 0.6) is 0 Å². The van der Waals surface area contributed by atoms with Crippen LogP contribution < -0.4 is 0 Å². The van der Waals surface area contributed by atoms with Crippen LogP contribution in [0.4, 0.5) is 0 Å². The normalized spacial score (nSPS) is 22.8. The first-order chi connectivity index (χ1) is 5.08. The van der Waals surface area contributed by atoms with Gasteiger partial charge in [-0.25, -0.2) is 0 Å². The van der Waals surface area contributed by atoms with E-state index in [9.17, 15) is 0 Å². The molecule has 0 spiro atoms. The zero-order valence-electron chi connectivity index (χ0n) is 8.11. The van der Waals surface area contributed by atoms with Gasteiger partial charge in [0.15, 0.2) is 0 Å². The Kier molecular flexibility index (Phi) is 2.41. The van der Waals surface area contributed by atoms with Gasteiger partial charge in [0.25, 0.3) is 0 Å². The molecule has 1 aliphatic rings. The molecule has 0 aromatic heterocycles. The van der Waals surface area contributed by atoms with Crippen molar-refractivity contribution < 1.29 is 0 Å². The van der Waals surface area contributed by atoms with Gasteiger partial charge in [-0.1, -0.05) is 39.3 Å². The van der Waals surface area contributed by atoms with Crippen LogP contribution >= 0.6 is 0 Å². The first-order valence-corrected chi connectivity index (χ1v) is 4.77. The van der Waals surface area contributed by atoms with E-state index in [1.54, 1.807) is 0 Å². The molecule has 0 aromatic carbocycles. The van der Waals surface area contributed by atoms with Crippen LogP contribution in [-0.2, 0) is 0 Å². The first-order valence-electron chi connectivity index (χ1n) is 4.77. The highest BCUT2D eigenvalue weighted by Crippen LogP contribution is 2.52. The van der Waals surface area contributed by atoms with Gasteiger partial charge in [-0.2, -0.15) is 0 Å². The van der Waals surface area contributed by atoms with Crippen molar-refractivity contribution in [3.05, 3.63) is 12.2 Å². The number of hydrogen-bond donors (Lipinski definition) is 0. The van der Waals surface area contributed by atoms with Crippen molar-refractivity contribution in [2.75, 3.05) is 0 Å². The Hall–Kier alpha value is -0.260. The van der Waals surface area contributed by atoms with Crippen LogP contribution in [-0.4, -0.2) is 0 Å². The van der Waals surface area contributed by atoms with Gasteiger partial charge < -0.3 is 0 Å². The van der Waals surface area contributed by atoms with Crippen molar-refractivity contribution in [1.29, 1.82) is 0 Å². The monoisotopic (exact) mass is 152 g/mol. The number of hydrogen-bond acceptors (Lipinski definition) is 0. The van der Waals surface area contributed by atoms with Crippen LogP contribution in [0, 0.1) is 11.3 Å². The molecule has 1 saturated carbocycles. The average molecular weight is 152 g/mol. The summed E-state index contributed by atoms with van der Waals surface area (Å²) >= 11 is 0. The van der Waals surface area contributed by atoms with E-state index in [1.165, 1.54) is 31.3 Å². The van der Waals surface area contributed by atoms with Crippen LogP contribution in [0.25, 0.3) is 0 Å². The van der Waals surface area contributed by atoms with Crippen LogP contribution in [0.1, 0.15) is 46.5 Å². The molecule has 1 unspecified atom stereocenters. The Balaban J connectivity index is 2.32. The molecule has 1 rings (SSSR count). The molecular weight excluding hydrogens is 132 g/mol. The second-order valence-corrected chi connectivity index (χ2v) is 4.38. The lowest BCUT2D eigenvalue weighted by molar-refractivity contribution is 0.511. The maximum atomic E-state index is 4.18. The maximum absolute atomic E-state index is 4.18. The summed E-state index contributed by atoms with van der Waals surface area (Å²) in [6.45, 7) is 11.1. The molecule has 64 valence electrons. The minimum absolute atomic E-state index is 0.545. The first kappa shape index (κ1) is 8.83. The summed E-state index contributed by atoms with van der Waals surface area (Å²) in [6.07, 6.45) is 5.28. The van der Waals surface area contributed by atoms with Gasteiger partial charge in [-0.3, -0.25) is 0 Å². The second kappa shape index (κ2) is 3.00. The molecule has 11 heavy (non-hydrogen) atoms. The summed E-state index contributed by atoms with van der Waals surface area (Å²) in [4.78, 5) is 0. The third kappa shape index (κ3) is 2.08. The lowest BCUT2D eigenvalue weighted by Crippen LogP contribution is -2.02.